The first-order valence-electron chi connectivity index (χ1n) is 7.34. The fourth-order valence-electron chi connectivity index (χ4n) is 4.17. The zero-order valence-corrected chi connectivity index (χ0v) is 12.5. The number of aryl methyl sites for hydroxylation is 1. The number of ether oxygens (including phenoxy) is 1. The van der Waals surface area contributed by atoms with Gasteiger partial charge < -0.3 is 9.15 Å². The molecule has 0 amide bonds. The minimum atomic E-state index is -0.232. The first-order valence-corrected chi connectivity index (χ1v) is 7.34. The van der Waals surface area contributed by atoms with E-state index in [4.69, 9.17) is 9.15 Å². The van der Waals surface area contributed by atoms with Crippen LogP contribution in [0.1, 0.15) is 56.1 Å². The topological polar surface area (TPSA) is 39.4 Å². The van der Waals surface area contributed by atoms with Crippen molar-refractivity contribution in [3.05, 3.63) is 35.3 Å². The second-order valence-electron chi connectivity index (χ2n) is 6.61. The molecule has 2 aliphatic carbocycles. The highest BCUT2D eigenvalue weighted by molar-refractivity contribution is 5.66. The van der Waals surface area contributed by atoms with Crippen molar-refractivity contribution in [1.82, 2.24) is 0 Å². The molecule has 3 nitrogen and oxygen atoms in total. The quantitative estimate of drug-likeness (QED) is 0.571. The maximum absolute atomic E-state index is 11.6. The second-order valence-corrected chi connectivity index (χ2v) is 6.61. The summed E-state index contributed by atoms with van der Waals surface area (Å²) in [6.45, 7) is 10.0. The number of carbonyl (C=O) groups excluding carboxylic acids is 1. The molecule has 0 radical (unpaired) electrons. The second kappa shape index (κ2) is 4.51. The standard InChI is InChI=1S/C17H22O3/c1-10-6-5-7-17(4)8-13-14(11(2)9-19-13)16(15(10)17)20-12(3)18/h9,15-16H,1,5-8H2,2-4H3/t15-,16-,17-/m1/s1. The van der Waals surface area contributed by atoms with Crippen LogP contribution in [-0.4, -0.2) is 5.97 Å². The highest BCUT2D eigenvalue weighted by Crippen LogP contribution is 2.57. The molecule has 0 saturated heterocycles. The molecule has 0 unspecified atom stereocenters. The summed E-state index contributed by atoms with van der Waals surface area (Å²) in [5.41, 5.74) is 3.46. The third-order valence-electron chi connectivity index (χ3n) is 4.98. The van der Waals surface area contributed by atoms with Crippen LogP contribution in [0.4, 0.5) is 0 Å². The van der Waals surface area contributed by atoms with E-state index in [1.54, 1.807) is 6.26 Å². The largest absolute Gasteiger partial charge is 0.469 e. The number of fused-ring (bicyclic) bond motifs is 2. The summed E-state index contributed by atoms with van der Waals surface area (Å²) in [4.78, 5) is 11.6. The van der Waals surface area contributed by atoms with Gasteiger partial charge in [0.05, 0.1) is 6.26 Å². The number of furan rings is 1. The molecule has 0 N–H and O–H groups in total. The Morgan fingerprint density at radius 2 is 2.30 bits per heavy atom. The van der Waals surface area contributed by atoms with Crippen LogP contribution in [0.3, 0.4) is 0 Å². The molecule has 3 rings (SSSR count). The Morgan fingerprint density at radius 3 is 3.00 bits per heavy atom. The minimum absolute atomic E-state index is 0.0900. The molecular formula is C17H22O3. The van der Waals surface area contributed by atoms with E-state index < -0.39 is 0 Å². The first kappa shape index (κ1) is 13.5. The maximum atomic E-state index is 11.6. The van der Waals surface area contributed by atoms with Crippen molar-refractivity contribution in [2.75, 3.05) is 0 Å². The first-order chi connectivity index (χ1) is 9.42. The Kier molecular flexibility index (Phi) is 3.03. The van der Waals surface area contributed by atoms with Crippen molar-refractivity contribution in [2.45, 2.75) is 52.6 Å². The van der Waals surface area contributed by atoms with Crippen LogP contribution in [0, 0.1) is 18.3 Å². The molecule has 0 aromatic carbocycles. The van der Waals surface area contributed by atoms with Gasteiger partial charge in [0, 0.05) is 24.8 Å². The van der Waals surface area contributed by atoms with E-state index in [-0.39, 0.29) is 23.4 Å². The average Bonchev–Trinajstić information content (AvgIpc) is 2.68. The van der Waals surface area contributed by atoms with Crippen LogP contribution in [-0.2, 0) is 16.0 Å². The molecule has 0 bridgehead atoms. The van der Waals surface area contributed by atoms with Gasteiger partial charge in [-0.25, -0.2) is 0 Å². The molecule has 3 atom stereocenters. The highest BCUT2D eigenvalue weighted by atomic mass is 16.5. The van der Waals surface area contributed by atoms with Crippen molar-refractivity contribution < 1.29 is 13.9 Å². The number of hydrogen-bond acceptors (Lipinski definition) is 3. The summed E-state index contributed by atoms with van der Waals surface area (Å²) < 4.78 is 11.4. The van der Waals surface area contributed by atoms with E-state index in [9.17, 15) is 4.79 Å². The fraction of sp³-hybridized carbons (Fsp3) is 0.588. The van der Waals surface area contributed by atoms with Gasteiger partial charge in [0.15, 0.2) is 0 Å². The molecule has 20 heavy (non-hydrogen) atoms. The van der Waals surface area contributed by atoms with E-state index in [1.165, 1.54) is 12.5 Å². The number of hydrogen-bond donors (Lipinski definition) is 0. The molecule has 2 aliphatic rings. The molecular weight excluding hydrogens is 252 g/mol. The summed E-state index contributed by atoms with van der Waals surface area (Å²) in [6, 6.07) is 0. The summed E-state index contributed by atoms with van der Waals surface area (Å²) in [6.07, 6.45) is 5.79. The summed E-state index contributed by atoms with van der Waals surface area (Å²) in [5.74, 6) is 0.968. The monoisotopic (exact) mass is 274 g/mol. The number of rotatable bonds is 1. The molecule has 1 saturated carbocycles. The van der Waals surface area contributed by atoms with Gasteiger partial charge in [-0.05, 0) is 37.2 Å². The van der Waals surface area contributed by atoms with Crippen LogP contribution >= 0.6 is 0 Å². The Bertz CT molecular complexity index is 569. The normalized spacial score (nSPS) is 32.5. The predicted molar refractivity (Wildman–Crippen MR) is 76.2 cm³/mol. The van der Waals surface area contributed by atoms with Gasteiger partial charge in [0.2, 0.25) is 0 Å². The van der Waals surface area contributed by atoms with Crippen LogP contribution in [0.15, 0.2) is 22.8 Å². The lowest BCUT2D eigenvalue weighted by atomic mass is 9.57. The summed E-state index contributed by atoms with van der Waals surface area (Å²) in [5, 5.41) is 0. The van der Waals surface area contributed by atoms with Crippen molar-refractivity contribution in [2.24, 2.45) is 11.3 Å². The Morgan fingerprint density at radius 1 is 1.55 bits per heavy atom. The summed E-state index contributed by atoms with van der Waals surface area (Å²) in [7, 11) is 0. The van der Waals surface area contributed by atoms with E-state index >= 15 is 0 Å². The third-order valence-corrected chi connectivity index (χ3v) is 4.98. The van der Waals surface area contributed by atoms with E-state index in [0.717, 1.165) is 42.6 Å². The summed E-state index contributed by atoms with van der Waals surface area (Å²) >= 11 is 0. The lowest BCUT2D eigenvalue weighted by molar-refractivity contribution is -0.153. The third kappa shape index (κ3) is 1.91. The van der Waals surface area contributed by atoms with Crippen molar-refractivity contribution in [1.29, 1.82) is 0 Å². The molecule has 1 fully saturated rings. The van der Waals surface area contributed by atoms with E-state index in [2.05, 4.69) is 13.5 Å². The Hall–Kier alpha value is -1.51. The SMILES string of the molecule is C=C1CCC[C@]2(C)Cc3occ(C)c3[C@@H](OC(C)=O)[C@@H]12. The van der Waals surface area contributed by atoms with Gasteiger partial charge in [0.25, 0.3) is 0 Å². The van der Waals surface area contributed by atoms with Crippen LogP contribution < -0.4 is 0 Å². The Balaban J connectivity index is 2.12. The lowest BCUT2D eigenvalue weighted by Crippen LogP contribution is -2.43. The van der Waals surface area contributed by atoms with E-state index in [0.29, 0.717) is 0 Å². The van der Waals surface area contributed by atoms with Crippen molar-refractivity contribution >= 4 is 5.97 Å². The van der Waals surface area contributed by atoms with Crippen molar-refractivity contribution in [3.63, 3.8) is 0 Å². The minimum Gasteiger partial charge on any atom is -0.469 e. The number of esters is 1. The smallest absolute Gasteiger partial charge is 0.303 e. The van der Waals surface area contributed by atoms with Gasteiger partial charge in [-0.3, -0.25) is 4.79 Å². The fourth-order valence-corrected chi connectivity index (χ4v) is 4.17. The lowest BCUT2D eigenvalue weighted by Gasteiger charge is -2.48. The van der Waals surface area contributed by atoms with Crippen molar-refractivity contribution in [3.8, 4) is 0 Å². The van der Waals surface area contributed by atoms with Gasteiger partial charge in [-0.1, -0.05) is 19.1 Å². The highest BCUT2D eigenvalue weighted by Gasteiger charge is 2.50. The van der Waals surface area contributed by atoms with Crippen LogP contribution in [0.25, 0.3) is 0 Å². The molecule has 0 aliphatic heterocycles. The molecule has 0 spiro atoms. The molecule has 3 heteroatoms. The zero-order valence-electron chi connectivity index (χ0n) is 12.5. The maximum Gasteiger partial charge on any atom is 0.303 e. The van der Waals surface area contributed by atoms with Gasteiger partial charge >= 0.3 is 5.97 Å². The van der Waals surface area contributed by atoms with Gasteiger partial charge in [-0.15, -0.1) is 0 Å². The average molecular weight is 274 g/mol. The van der Waals surface area contributed by atoms with Crippen LogP contribution in [0.2, 0.25) is 0 Å². The van der Waals surface area contributed by atoms with Gasteiger partial charge in [0.1, 0.15) is 11.9 Å². The van der Waals surface area contributed by atoms with Crippen LogP contribution in [0.5, 0.6) is 0 Å². The molecule has 1 aromatic heterocycles. The predicted octanol–water partition coefficient (Wildman–Crippen LogP) is 4.11. The Labute approximate surface area is 120 Å². The molecule has 1 heterocycles. The van der Waals surface area contributed by atoms with E-state index in [1.807, 2.05) is 6.92 Å². The number of carbonyl (C=O) groups is 1. The van der Waals surface area contributed by atoms with Gasteiger partial charge in [-0.2, -0.15) is 0 Å². The molecule has 1 aromatic rings. The molecule has 108 valence electrons. The zero-order chi connectivity index (χ0) is 14.5.